The van der Waals surface area contributed by atoms with Crippen molar-refractivity contribution < 1.29 is 9.90 Å². The largest absolute Gasteiger partial charge is 0.508 e. The first kappa shape index (κ1) is 11.1. The van der Waals surface area contributed by atoms with Gasteiger partial charge in [-0.3, -0.25) is 9.78 Å². The second kappa shape index (κ2) is 5.12. The zero-order chi connectivity index (χ0) is 12.1. The highest BCUT2D eigenvalue weighted by atomic mass is 16.3. The molecule has 17 heavy (non-hydrogen) atoms. The van der Waals surface area contributed by atoms with E-state index in [1.54, 1.807) is 30.5 Å². The summed E-state index contributed by atoms with van der Waals surface area (Å²) in [7, 11) is 0. The molecule has 0 atom stereocenters. The number of nitrogens with zero attached hydrogens (tertiary/aromatic N) is 1. The number of nitrogens with one attached hydrogen (secondary N) is 1. The van der Waals surface area contributed by atoms with Crippen LogP contribution in [0.15, 0.2) is 42.7 Å². The standard InChI is InChI=1S/C13H12N2O2/c16-9-11-8-14-5-4-13(11)15-7-10-2-1-3-12(17)6-10/h1-6,8-9,17H,7H2,(H,14,15). The summed E-state index contributed by atoms with van der Waals surface area (Å²) < 4.78 is 0. The highest BCUT2D eigenvalue weighted by molar-refractivity contribution is 5.83. The Hall–Kier alpha value is -2.36. The summed E-state index contributed by atoms with van der Waals surface area (Å²) in [6.45, 7) is 0.541. The minimum atomic E-state index is 0.231. The molecule has 2 aromatic rings. The van der Waals surface area contributed by atoms with Crippen LogP contribution in [-0.4, -0.2) is 16.4 Å². The lowest BCUT2D eigenvalue weighted by atomic mass is 10.2. The number of carbonyl (C=O) groups is 1. The number of phenols is 1. The van der Waals surface area contributed by atoms with E-state index < -0.39 is 0 Å². The molecule has 4 heteroatoms. The third kappa shape index (κ3) is 2.81. The maximum atomic E-state index is 10.8. The first-order valence-electron chi connectivity index (χ1n) is 5.20. The molecule has 0 fully saturated rings. The summed E-state index contributed by atoms with van der Waals surface area (Å²) in [6, 6.07) is 8.71. The van der Waals surface area contributed by atoms with Crippen LogP contribution in [0.2, 0.25) is 0 Å². The van der Waals surface area contributed by atoms with Gasteiger partial charge in [-0.05, 0) is 23.8 Å². The Morgan fingerprint density at radius 2 is 2.24 bits per heavy atom. The van der Waals surface area contributed by atoms with Crippen LogP contribution < -0.4 is 5.32 Å². The van der Waals surface area contributed by atoms with E-state index in [-0.39, 0.29) is 5.75 Å². The average molecular weight is 228 g/mol. The van der Waals surface area contributed by atoms with Gasteiger partial charge in [0.1, 0.15) is 5.75 Å². The van der Waals surface area contributed by atoms with Crippen molar-refractivity contribution >= 4 is 12.0 Å². The maximum absolute atomic E-state index is 10.8. The van der Waals surface area contributed by atoms with Crippen LogP contribution >= 0.6 is 0 Å². The van der Waals surface area contributed by atoms with Crippen molar-refractivity contribution in [1.29, 1.82) is 0 Å². The molecular formula is C13H12N2O2. The molecule has 0 aliphatic rings. The number of hydrogen-bond donors (Lipinski definition) is 2. The van der Waals surface area contributed by atoms with Crippen LogP contribution in [0.3, 0.4) is 0 Å². The monoisotopic (exact) mass is 228 g/mol. The summed E-state index contributed by atoms with van der Waals surface area (Å²) in [5.74, 6) is 0.231. The van der Waals surface area contributed by atoms with E-state index in [2.05, 4.69) is 10.3 Å². The van der Waals surface area contributed by atoms with Gasteiger partial charge in [0, 0.05) is 24.6 Å². The van der Waals surface area contributed by atoms with E-state index in [1.165, 1.54) is 6.20 Å². The molecule has 1 aromatic heterocycles. The zero-order valence-corrected chi connectivity index (χ0v) is 9.13. The Kier molecular flexibility index (Phi) is 3.35. The highest BCUT2D eigenvalue weighted by Crippen LogP contribution is 2.15. The molecule has 0 spiro atoms. The fraction of sp³-hybridized carbons (Fsp3) is 0.0769. The van der Waals surface area contributed by atoms with E-state index in [1.807, 2.05) is 6.07 Å². The second-order valence-corrected chi connectivity index (χ2v) is 3.60. The number of rotatable bonds is 4. The van der Waals surface area contributed by atoms with Gasteiger partial charge in [0.25, 0.3) is 0 Å². The van der Waals surface area contributed by atoms with Crippen molar-refractivity contribution in [3.63, 3.8) is 0 Å². The molecule has 0 amide bonds. The van der Waals surface area contributed by atoms with Gasteiger partial charge in [-0.15, -0.1) is 0 Å². The van der Waals surface area contributed by atoms with E-state index in [0.717, 1.165) is 17.5 Å². The topological polar surface area (TPSA) is 62.2 Å². The summed E-state index contributed by atoms with van der Waals surface area (Å²) >= 11 is 0. The Balaban J connectivity index is 2.09. The van der Waals surface area contributed by atoms with Crippen molar-refractivity contribution in [2.75, 3.05) is 5.32 Å². The third-order valence-electron chi connectivity index (χ3n) is 2.37. The Labute approximate surface area is 98.9 Å². The number of phenolic OH excluding ortho intramolecular Hbond substituents is 1. The number of benzene rings is 1. The molecule has 2 rings (SSSR count). The highest BCUT2D eigenvalue weighted by Gasteiger charge is 2.00. The van der Waals surface area contributed by atoms with E-state index in [9.17, 15) is 9.90 Å². The van der Waals surface area contributed by atoms with Crippen molar-refractivity contribution in [1.82, 2.24) is 4.98 Å². The molecule has 0 unspecified atom stereocenters. The predicted octanol–water partition coefficient (Wildman–Crippen LogP) is 2.21. The van der Waals surface area contributed by atoms with Gasteiger partial charge in [-0.2, -0.15) is 0 Å². The van der Waals surface area contributed by atoms with Crippen LogP contribution in [0.5, 0.6) is 5.75 Å². The quantitative estimate of drug-likeness (QED) is 0.787. The minimum absolute atomic E-state index is 0.231. The third-order valence-corrected chi connectivity index (χ3v) is 2.37. The van der Waals surface area contributed by atoms with Crippen LogP contribution in [0.1, 0.15) is 15.9 Å². The Bertz CT molecular complexity index is 526. The van der Waals surface area contributed by atoms with Gasteiger partial charge in [0.05, 0.1) is 5.56 Å². The minimum Gasteiger partial charge on any atom is -0.508 e. The van der Waals surface area contributed by atoms with Crippen LogP contribution in [0, 0.1) is 0 Å². The smallest absolute Gasteiger partial charge is 0.153 e. The lowest BCUT2D eigenvalue weighted by molar-refractivity contribution is 0.112. The number of aldehydes is 1. The van der Waals surface area contributed by atoms with Crippen LogP contribution in [0.25, 0.3) is 0 Å². The molecule has 0 radical (unpaired) electrons. The van der Waals surface area contributed by atoms with Gasteiger partial charge < -0.3 is 10.4 Å². The van der Waals surface area contributed by atoms with Crippen molar-refractivity contribution in [3.05, 3.63) is 53.9 Å². The molecule has 1 aromatic carbocycles. The van der Waals surface area contributed by atoms with E-state index in [4.69, 9.17) is 0 Å². The van der Waals surface area contributed by atoms with Crippen molar-refractivity contribution in [2.24, 2.45) is 0 Å². The molecule has 0 aliphatic heterocycles. The first-order valence-corrected chi connectivity index (χ1v) is 5.20. The van der Waals surface area contributed by atoms with Gasteiger partial charge in [-0.1, -0.05) is 12.1 Å². The Morgan fingerprint density at radius 1 is 1.35 bits per heavy atom. The second-order valence-electron chi connectivity index (χ2n) is 3.60. The fourth-order valence-corrected chi connectivity index (χ4v) is 1.53. The van der Waals surface area contributed by atoms with Gasteiger partial charge >= 0.3 is 0 Å². The number of aromatic hydroxyl groups is 1. The summed E-state index contributed by atoms with van der Waals surface area (Å²) in [5, 5.41) is 12.4. The summed E-state index contributed by atoms with van der Waals surface area (Å²) in [5.41, 5.74) is 2.20. The molecule has 0 saturated carbocycles. The van der Waals surface area contributed by atoms with Gasteiger partial charge in [0.15, 0.2) is 6.29 Å². The van der Waals surface area contributed by atoms with Crippen molar-refractivity contribution in [2.45, 2.75) is 6.54 Å². The number of carbonyl (C=O) groups excluding carboxylic acids is 1. The molecular weight excluding hydrogens is 216 g/mol. The van der Waals surface area contributed by atoms with Gasteiger partial charge in [-0.25, -0.2) is 0 Å². The number of pyridine rings is 1. The average Bonchev–Trinajstić information content (AvgIpc) is 2.37. The molecule has 2 N–H and O–H groups in total. The van der Waals surface area contributed by atoms with E-state index >= 15 is 0 Å². The first-order chi connectivity index (χ1) is 8.29. The zero-order valence-electron chi connectivity index (χ0n) is 9.13. The molecule has 86 valence electrons. The molecule has 0 aliphatic carbocycles. The molecule has 0 saturated heterocycles. The number of hydrogen-bond acceptors (Lipinski definition) is 4. The van der Waals surface area contributed by atoms with Crippen LogP contribution in [-0.2, 0) is 6.54 Å². The van der Waals surface area contributed by atoms with Gasteiger partial charge in [0.2, 0.25) is 0 Å². The fourth-order valence-electron chi connectivity index (χ4n) is 1.53. The summed E-state index contributed by atoms with van der Waals surface area (Å²) in [4.78, 5) is 14.6. The van der Waals surface area contributed by atoms with Crippen molar-refractivity contribution in [3.8, 4) is 5.75 Å². The predicted molar refractivity (Wildman–Crippen MR) is 65.1 cm³/mol. The molecule has 1 heterocycles. The lowest BCUT2D eigenvalue weighted by Gasteiger charge is -2.08. The molecule has 0 bridgehead atoms. The maximum Gasteiger partial charge on any atom is 0.153 e. The van der Waals surface area contributed by atoms with Crippen LogP contribution in [0.4, 0.5) is 5.69 Å². The number of aromatic nitrogens is 1. The Morgan fingerprint density at radius 3 is 3.00 bits per heavy atom. The van der Waals surface area contributed by atoms with E-state index in [0.29, 0.717) is 12.1 Å². The summed E-state index contributed by atoms with van der Waals surface area (Å²) in [6.07, 6.45) is 3.90. The SMILES string of the molecule is O=Cc1cnccc1NCc1cccc(O)c1. The molecule has 4 nitrogen and oxygen atoms in total. The normalized spacial score (nSPS) is 9.88. The lowest BCUT2D eigenvalue weighted by Crippen LogP contribution is -2.02. The number of anilines is 1.